The molecule has 0 aliphatic carbocycles. The second-order valence-corrected chi connectivity index (χ2v) is 14.0. The Balaban J connectivity index is 1.59. The lowest BCUT2D eigenvalue weighted by atomic mass is 9.87. The van der Waals surface area contributed by atoms with Gasteiger partial charge in [-0.25, -0.2) is 14.5 Å². The number of amides is 3. The van der Waals surface area contributed by atoms with Gasteiger partial charge in [-0.2, -0.15) is 0 Å². The van der Waals surface area contributed by atoms with Crippen molar-refractivity contribution in [2.75, 3.05) is 26.3 Å². The second kappa shape index (κ2) is 16.0. The summed E-state index contributed by atoms with van der Waals surface area (Å²) in [4.78, 5) is 42.3. The Morgan fingerprint density at radius 2 is 1.56 bits per heavy atom. The van der Waals surface area contributed by atoms with E-state index < -0.39 is 24.1 Å². The van der Waals surface area contributed by atoms with Crippen LogP contribution in [0.5, 0.6) is 17.2 Å². The molecule has 9 nitrogen and oxygen atoms in total. The van der Waals surface area contributed by atoms with Crippen LogP contribution in [0.25, 0.3) is 0 Å². The molecule has 1 aliphatic heterocycles. The largest absolute Gasteiger partial charge is 0.493 e. The average molecular weight is 659 g/mol. The van der Waals surface area contributed by atoms with E-state index in [1.54, 1.807) is 6.07 Å². The lowest BCUT2D eigenvalue weighted by Gasteiger charge is -2.37. The number of rotatable bonds is 12. The predicted molar refractivity (Wildman–Crippen MR) is 186 cm³/mol. The molecule has 9 heteroatoms. The maximum absolute atomic E-state index is 14.2. The third-order valence-electron chi connectivity index (χ3n) is 8.59. The van der Waals surface area contributed by atoms with Gasteiger partial charge in [-0.15, -0.1) is 0 Å². The van der Waals surface area contributed by atoms with Gasteiger partial charge in [0.2, 0.25) is 0 Å². The first-order chi connectivity index (χ1) is 22.8. The Labute approximate surface area is 284 Å². The van der Waals surface area contributed by atoms with E-state index in [0.717, 1.165) is 28.2 Å². The third kappa shape index (κ3) is 9.52. The number of benzene rings is 3. The first kappa shape index (κ1) is 36.3. The van der Waals surface area contributed by atoms with Gasteiger partial charge in [0.15, 0.2) is 0 Å². The summed E-state index contributed by atoms with van der Waals surface area (Å²) >= 11 is 0. The van der Waals surface area contributed by atoms with Crippen molar-refractivity contribution >= 4 is 18.1 Å². The molecule has 0 spiro atoms. The molecule has 0 fully saturated rings. The number of fused-ring (bicyclic) bond motifs is 1. The van der Waals surface area contributed by atoms with Crippen LogP contribution in [-0.4, -0.2) is 59.3 Å². The van der Waals surface area contributed by atoms with E-state index in [2.05, 4.69) is 34.6 Å². The lowest BCUT2D eigenvalue weighted by Crippen LogP contribution is -2.50. The van der Waals surface area contributed by atoms with Crippen molar-refractivity contribution in [3.05, 3.63) is 89.0 Å². The van der Waals surface area contributed by atoms with Crippen LogP contribution in [0.3, 0.4) is 0 Å². The number of carbonyl (C=O) groups is 3. The minimum absolute atomic E-state index is 0.00742. The van der Waals surface area contributed by atoms with E-state index in [0.29, 0.717) is 42.4 Å². The van der Waals surface area contributed by atoms with Crippen LogP contribution in [-0.2, 0) is 27.8 Å². The van der Waals surface area contributed by atoms with Crippen LogP contribution in [0.15, 0.2) is 66.7 Å². The number of carbonyl (C=O) groups excluding carboxylic acids is 2. The highest BCUT2D eigenvalue weighted by Gasteiger charge is 2.41. The number of hydrogen-bond donors (Lipinski definition) is 1. The van der Waals surface area contributed by atoms with Crippen molar-refractivity contribution in [2.24, 2.45) is 11.8 Å². The van der Waals surface area contributed by atoms with Crippen LogP contribution in [0.2, 0.25) is 0 Å². The van der Waals surface area contributed by atoms with E-state index in [-0.39, 0.29) is 31.0 Å². The van der Waals surface area contributed by atoms with Gasteiger partial charge < -0.3 is 19.3 Å². The lowest BCUT2D eigenvalue weighted by molar-refractivity contribution is -0.135. The minimum atomic E-state index is -1.39. The fraction of sp³-hybridized carbons (Fsp3) is 0.462. The van der Waals surface area contributed by atoms with Crippen molar-refractivity contribution in [1.82, 2.24) is 9.80 Å². The Bertz CT molecular complexity index is 1540. The summed E-state index contributed by atoms with van der Waals surface area (Å²) < 4.78 is 17.6. The van der Waals surface area contributed by atoms with E-state index in [1.165, 1.54) is 10.5 Å². The number of nitrogens with zero attached hydrogens (tertiary/aromatic N) is 2. The average Bonchev–Trinajstić information content (AvgIpc) is 3.05. The Hall–Kier alpha value is -4.53. The second-order valence-electron chi connectivity index (χ2n) is 14.0. The van der Waals surface area contributed by atoms with E-state index >= 15 is 0 Å². The zero-order valence-corrected chi connectivity index (χ0v) is 29.3. The molecule has 0 aromatic heterocycles. The topological polar surface area (TPSA) is 106 Å². The zero-order chi connectivity index (χ0) is 35.0. The van der Waals surface area contributed by atoms with Crippen LogP contribution in [0.4, 0.5) is 9.59 Å². The Kier molecular flexibility index (Phi) is 12.1. The number of hydrogen-bond acceptors (Lipinski definition) is 6. The molecule has 1 N–H and O–H groups in total. The maximum atomic E-state index is 14.2. The van der Waals surface area contributed by atoms with Gasteiger partial charge in [0, 0.05) is 13.1 Å². The zero-order valence-electron chi connectivity index (χ0n) is 29.3. The highest BCUT2D eigenvalue weighted by Crippen LogP contribution is 2.36. The van der Waals surface area contributed by atoms with Gasteiger partial charge in [-0.1, -0.05) is 85.2 Å². The summed E-state index contributed by atoms with van der Waals surface area (Å²) in [5.41, 5.74) is 3.38. The van der Waals surface area contributed by atoms with Crippen LogP contribution >= 0.6 is 0 Å². The van der Waals surface area contributed by atoms with E-state index in [4.69, 9.17) is 14.2 Å². The fourth-order valence-electron chi connectivity index (χ4n) is 5.40. The van der Waals surface area contributed by atoms with Crippen LogP contribution in [0.1, 0.15) is 83.2 Å². The Morgan fingerprint density at radius 1 is 0.917 bits per heavy atom. The number of carboxylic acid groups (broad SMARTS) is 1. The molecule has 1 aliphatic rings. The number of ether oxygens (including phenoxy) is 3. The monoisotopic (exact) mass is 658 g/mol. The van der Waals surface area contributed by atoms with Gasteiger partial charge in [-0.3, -0.25) is 9.69 Å². The summed E-state index contributed by atoms with van der Waals surface area (Å²) in [6.07, 6.45) is -0.239. The Morgan fingerprint density at radius 3 is 2.17 bits per heavy atom. The van der Waals surface area contributed by atoms with Crippen molar-refractivity contribution in [3.63, 3.8) is 0 Å². The summed E-state index contributed by atoms with van der Waals surface area (Å²) in [6, 6.07) is 19.5. The summed E-state index contributed by atoms with van der Waals surface area (Å²) in [7, 11) is 0. The molecule has 1 heterocycles. The van der Waals surface area contributed by atoms with Gasteiger partial charge >= 0.3 is 12.2 Å². The molecule has 0 saturated carbocycles. The van der Waals surface area contributed by atoms with E-state index in [9.17, 15) is 19.5 Å². The highest BCUT2D eigenvalue weighted by atomic mass is 16.6. The fourth-order valence-corrected chi connectivity index (χ4v) is 5.40. The third-order valence-corrected chi connectivity index (χ3v) is 8.59. The van der Waals surface area contributed by atoms with Crippen LogP contribution in [0, 0.1) is 11.8 Å². The normalized spacial score (nSPS) is 15.0. The molecule has 0 bridgehead atoms. The van der Waals surface area contributed by atoms with Gasteiger partial charge in [0.1, 0.15) is 23.3 Å². The van der Waals surface area contributed by atoms with Gasteiger partial charge in [-0.05, 0) is 88.7 Å². The first-order valence-corrected chi connectivity index (χ1v) is 16.9. The molecule has 4 rings (SSSR count). The van der Waals surface area contributed by atoms with Crippen molar-refractivity contribution in [1.29, 1.82) is 0 Å². The summed E-state index contributed by atoms with van der Waals surface area (Å²) in [5.74, 6) is 1.65. The highest BCUT2D eigenvalue weighted by molar-refractivity contribution is 5.97. The molecule has 0 radical (unpaired) electrons. The summed E-state index contributed by atoms with van der Waals surface area (Å²) in [5, 5.41) is 10.2. The molecule has 1 unspecified atom stereocenters. The molecule has 0 saturated heterocycles. The summed E-state index contributed by atoms with van der Waals surface area (Å²) in [6.45, 7) is 15.4. The van der Waals surface area contributed by atoms with Crippen molar-refractivity contribution in [2.45, 2.75) is 79.2 Å². The van der Waals surface area contributed by atoms with Gasteiger partial charge in [0.05, 0.1) is 13.2 Å². The minimum Gasteiger partial charge on any atom is -0.493 e. The van der Waals surface area contributed by atoms with Gasteiger partial charge in [0.25, 0.3) is 5.91 Å². The molecular formula is C39H50N2O7. The molecule has 3 aromatic rings. The van der Waals surface area contributed by atoms with Crippen molar-refractivity contribution < 1.29 is 33.7 Å². The van der Waals surface area contributed by atoms with Crippen molar-refractivity contribution in [3.8, 4) is 17.2 Å². The molecule has 3 amide bonds. The smallest absolute Gasteiger partial charge is 0.414 e. The number of imide groups is 1. The SMILES string of the molecule is CCC(C)COc1ccc(CCN(C(=O)O)C(=O)[C@@H]2c3cc(Oc4ccc(C(C)(C)C)cc4)ccc3CCN2C(=O)OCC(C)C)cc1. The van der Waals surface area contributed by atoms with E-state index in [1.807, 2.05) is 74.5 Å². The molecule has 3 aromatic carbocycles. The maximum Gasteiger partial charge on any atom is 0.414 e. The molecule has 48 heavy (non-hydrogen) atoms. The molecule has 2 atom stereocenters. The standard InChI is InChI=1S/C39H50N2O7/c1-8-27(4)25-46-31-14-9-28(10-15-31)19-21-41(37(43)44)36(42)35-34-23-33(48-32-17-12-30(13-18-32)39(5,6)7)16-11-29(34)20-22-40(35)38(45)47-24-26(2)3/h9-18,23,26-27,35H,8,19-22,24-25H2,1-7H3,(H,43,44)/t27?,35-/m0/s1. The molecule has 258 valence electrons. The quantitative estimate of drug-likeness (QED) is 0.208. The molecular weight excluding hydrogens is 608 g/mol. The first-order valence-electron chi connectivity index (χ1n) is 16.9. The predicted octanol–water partition coefficient (Wildman–Crippen LogP) is 8.64. The van der Waals surface area contributed by atoms with Crippen LogP contribution < -0.4 is 9.47 Å².